The van der Waals surface area contributed by atoms with E-state index >= 15 is 0 Å². The van der Waals surface area contributed by atoms with Gasteiger partial charge in [-0.2, -0.15) is 0 Å². The summed E-state index contributed by atoms with van der Waals surface area (Å²) in [5.74, 6) is -0.0555. The van der Waals surface area contributed by atoms with Gasteiger partial charge in [-0.05, 0) is 31.5 Å². The molecule has 1 aliphatic heterocycles. The van der Waals surface area contributed by atoms with Gasteiger partial charge < -0.3 is 14.0 Å². The van der Waals surface area contributed by atoms with Crippen LogP contribution < -0.4 is 0 Å². The normalized spacial score (nSPS) is 16.8. The highest BCUT2D eigenvalue weighted by atomic mass is 16.5. The summed E-state index contributed by atoms with van der Waals surface area (Å²) in [6.45, 7) is 7.79. The van der Waals surface area contributed by atoms with Crippen LogP contribution in [-0.2, 0) is 17.8 Å². The molecule has 0 unspecified atom stereocenters. The molecule has 1 aromatic carbocycles. The van der Waals surface area contributed by atoms with E-state index < -0.39 is 0 Å². The zero-order chi connectivity index (χ0) is 20.4. The lowest BCUT2D eigenvalue weighted by molar-refractivity contribution is -0.0886. The van der Waals surface area contributed by atoms with Gasteiger partial charge in [-0.15, -0.1) is 0 Å². The number of ether oxygens (including phenoxy) is 1. The number of carbonyl (C=O) groups is 1. The van der Waals surface area contributed by atoms with Gasteiger partial charge in [-0.3, -0.25) is 9.69 Å². The van der Waals surface area contributed by atoms with Crippen LogP contribution in [0.25, 0.3) is 5.65 Å². The van der Waals surface area contributed by atoms with Crippen molar-refractivity contribution >= 4 is 11.6 Å². The molecule has 1 aliphatic rings. The molecule has 6 heteroatoms. The lowest BCUT2D eigenvalue weighted by Crippen LogP contribution is -2.48. The van der Waals surface area contributed by atoms with E-state index in [0.717, 1.165) is 30.0 Å². The van der Waals surface area contributed by atoms with Gasteiger partial charge in [0.05, 0.1) is 17.9 Å². The minimum absolute atomic E-state index is 0.0555. The molecule has 152 valence electrons. The standard InChI is InChI=1S/C23H28N4O2/c1-23(2)17-26(13-14-29-23)16-19-21(24-20-11-7-8-12-27(19)20)22(28)25(3)15-18-9-5-4-6-10-18/h4-12H,13-17H2,1-3H3. The van der Waals surface area contributed by atoms with Gasteiger partial charge >= 0.3 is 0 Å². The predicted octanol–water partition coefficient (Wildman–Crippen LogP) is 3.22. The molecule has 4 rings (SSSR count). The summed E-state index contributed by atoms with van der Waals surface area (Å²) in [6, 6.07) is 15.9. The first-order valence-corrected chi connectivity index (χ1v) is 10.0. The zero-order valence-corrected chi connectivity index (χ0v) is 17.3. The number of nitrogens with zero attached hydrogens (tertiary/aromatic N) is 4. The molecule has 1 amide bonds. The van der Waals surface area contributed by atoms with E-state index in [2.05, 4.69) is 18.7 Å². The summed E-state index contributed by atoms with van der Waals surface area (Å²) in [4.78, 5) is 22.1. The van der Waals surface area contributed by atoms with Gasteiger partial charge in [-0.1, -0.05) is 36.4 Å². The van der Waals surface area contributed by atoms with E-state index in [1.165, 1.54) is 0 Å². The first-order valence-electron chi connectivity index (χ1n) is 10.0. The Bertz CT molecular complexity index is 997. The minimum atomic E-state index is -0.187. The van der Waals surface area contributed by atoms with Gasteiger partial charge in [0.15, 0.2) is 5.69 Å². The van der Waals surface area contributed by atoms with Crippen molar-refractivity contribution < 1.29 is 9.53 Å². The van der Waals surface area contributed by atoms with E-state index in [0.29, 0.717) is 25.4 Å². The molecule has 0 radical (unpaired) electrons. The van der Waals surface area contributed by atoms with Crippen LogP contribution >= 0.6 is 0 Å². The van der Waals surface area contributed by atoms with Crippen LogP contribution in [0.4, 0.5) is 0 Å². The molecule has 2 aromatic heterocycles. The number of aromatic nitrogens is 2. The Morgan fingerprint density at radius 1 is 1.17 bits per heavy atom. The Kier molecular flexibility index (Phi) is 5.39. The SMILES string of the molecule is CN(Cc1ccccc1)C(=O)c1nc2ccccn2c1CN1CCOC(C)(C)C1. The number of rotatable bonds is 5. The van der Waals surface area contributed by atoms with Crippen LogP contribution in [-0.4, -0.2) is 57.4 Å². The maximum atomic E-state index is 13.3. The van der Waals surface area contributed by atoms with Crippen LogP contribution in [0.2, 0.25) is 0 Å². The molecule has 3 aromatic rings. The molecule has 0 atom stereocenters. The summed E-state index contributed by atoms with van der Waals surface area (Å²) < 4.78 is 7.88. The first-order chi connectivity index (χ1) is 13.9. The average molecular weight is 393 g/mol. The summed E-state index contributed by atoms with van der Waals surface area (Å²) in [7, 11) is 1.83. The lowest BCUT2D eigenvalue weighted by atomic mass is 10.1. The van der Waals surface area contributed by atoms with E-state index in [9.17, 15) is 4.79 Å². The maximum Gasteiger partial charge on any atom is 0.274 e. The first kappa shape index (κ1) is 19.6. The Morgan fingerprint density at radius 2 is 1.93 bits per heavy atom. The number of imidazole rings is 1. The van der Waals surface area contributed by atoms with Crippen LogP contribution in [0.5, 0.6) is 0 Å². The third kappa shape index (κ3) is 4.33. The van der Waals surface area contributed by atoms with Crippen molar-refractivity contribution in [2.45, 2.75) is 32.5 Å². The highest BCUT2D eigenvalue weighted by Gasteiger charge is 2.30. The van der Waals surface area contributed by atoms with Crippen LogP contribution in [0.15, 0.2) is 54.7 Å². The molecule has 6 nitrogen and oxygen atoms in total. The Morgan fingerprint density at radius 3 is 2.69 bits per heavy atom. The van der Waals surface area contributed by atoms with Crippen LogP contribution in [0.3, 0.4) is 0 Å². The van der Waals surface area contributed by atoms with E-state index in [1.54, 1.807) is 4.90 Å². The van der Waals surface area contributed by atoms with Crippen molar-refractivity contribution in [1.29, 1.82) is 0 Å². The third-order valence-corrected chi connectivity index (χ3v) is 5.32. The molecule has 0 aliphatic carbocycles. The van der Waals surface area contributed by atoms with Crippen molar-refractivity contribution in [1.82, 2.24) is 19.2 Å². The summed E-state index contributed by atoms with van der Waals surface area (Å²) >= 11 is 0. The molecule has 1 fully saturated rings. The fourth-order valence-corrected chi connectivity index (χ4v) is 3.94. The second kappa shape index (κ2) is 7.97. The zero-order valence-electron chi connectivity index (χ0n) is 17.3. The summed E-state index contributed by atoms with van der Waals surface area (Å²) in [5.41, 5.74) is 3.17. The second-order valence-electron chi connectivity index (χ2n) is 8.30. The number of carbonyl (C=O) groups excluding carboxylic acids is 1. The largest absolute Gasteiger partial charge is 0.373 e. The van der Waals surface area contributed by atoms with E-state index in [-0.39, 0.29) is 11.5 Å². The Hall–Kier alpha value is -2.70. The molecule has 1 saturated heterocycles. The molecule has 3 heterocycles. The Balaban J connectivity index is 1.63. The molecular formula is C23H28N4O2. The van der Waals surface area contributed by atoms with Crippen molar-refractivity contribution in [2.24, 2.45) is 0 Å². The van der Waals surface area contributed by atoms with Crippen molar-refractivity contribution in [3.63, 3.8) is 0 Å². The van der Waals surface area contributed by atoms with Crippen molar-refractivity contribution in [3.8, 4) is 0 Å². The number of hydrogen-bond acceptors (Lipinski definition) is 4. The van der Waals surface area contributed by atoms with Gasteiger partial charge in [0, 0.05) is 39.4 Å². The summed E-state index contributed by atoms with van der Waals surface area (Å²) in [5, 5.41) is 0. The third-order valence-electron chi connectivity index (χ3n) is 5.32. The molecule has 0 saturated carbocycles. The highest BCUT2D eigenvalue weighted by Crippen LogP contribution is 2.22. The van der Waals surface area contributed by atoms with Gasteiger partial charge in [0.25, 0.3) is 5.91 Å². The highest BCUT2D eigenvalue weighted by molar-refractivity contribution is 5.94. The van der Waals surface area contributed by atoms with Gasteiger partial charge in [-0.25, -0.2) is 4.98 Å². The quantitative estimate of drug-likeness (QED) is 0.669. The van der Waals surface area contributed by atoms with Crippen molar-refractivity contribution in [2.75, 3.05) is 26.7 Å². The monoisotopic (exact) mass is 392 g/mol. The van der Waals surface area contributed by atoms with Gasteiger partial charge in [0.1, 0.15) is 5.65 Å². The average Bonchev–Trinajstić information content (AvgIpc) is 3.06. The van der Waals surface area contributed by atoms with E-state index in [1.807, 2.05) is 66.2 Å². The number of fused-ring (bicyclic) bond motifs is 1. The number of hydrogen-bond donors (Lipinski definition) is 0. The van der Waals surface area contributed by atoms with Crippen LogP contribution in [0.1, 0.15) is 35.6 Å². The predicted molar refractivity (Wildman–Crippen MR) is 113 cm³/mol. The fraction of sp³-hybridized carbons (Fsp3) is 0.391. The lowest BCUT2D eigenvalue weighted by Gasteiger charge is -2.38. The molecule has 0 bridgehead atoms. The van der Waals surface area contributed by atoms with E-state index in [4.69, 9.17) is 9.72 Å². The van der Waals surface area contributed by atoms with Gasteiger partial charge in [0.2, 0.25) is 0 Å². The topological polar surface area (TPSA) is 50.1 Å². The maximum absolute atomic E-state index is 13.3. The molecular weight excluding hydrogens is 364 g/mol. The minimum Gasteiger partial charge on any atom is -0.373 e. The molecule has 0 spiro atoms. The number of amides is 1. The number of pyridine rings is 1. The number of morpholine rings is 1. The fourth-order valence-electron chi connectivity index (χ4n) is 3.94. The Labute approximate surface area is 171 Å². The second-order valence-corrected chi connectivity index (χ2v) is 8.30. The number of benzene rings is 1. The van der Waals surface area contributed by atoms with Crippen molar-refractivity contribution in [3.05, 3.63) is 71.7 Å². The van der Waals surface area contributed by atoms with Crippen LogP contribution in [0, 0.1) is 0 Å². The smallest absolute Gasteiger partial charge is 0.274 e. The molecule has 0 N–H and O–H groups in total. The molecule has 29 heavy (non-hydrogen) atoms. The summed E-state index contributed by atoms with van der Waals surface area (Å²) in [6.07, 6.45) is 1.98.